The Morgan fingerprint density at radius 1 is 1.10 bits per heavy atom. The van der Waals surface area contributed by atoms with E-state index in [2.05, 4.69) is 45.5 Å². The Balaban J connectivity index is 2.33. The molecule has 2 aromatic carbocycles. The first-order chi connectivity index (χ1) is 9.61. The van der Waals surface area contributed by atoms with E-state index >= 15 is 0 Å². The minimum Gasteiger partial charge on any atom is -0.331 e. The molecule has 0 saturated heterocycles. The van der Waals surface area contributed by atoms with Crippen molar-refractivity contribution in [2.75, 3.05) is 19.4 Å². The molecule has 2 rings (SSSR count). The second kappa shape index (κ2) is 6.57. The highest BCUT2D eigenvalue weighted by molar-refractivity contribution is 9.08. The van der Waals surface area contributed by atoms with Crippen molar-refractivity contribution in [1.29, 1.82) is 0 Å². The van der Waals surface area contributed by atoms with Gasteiger partial charge in [0.05, 0.1) is 5.69 Å². The molecule has 4 heteroatoms. The molecule has 0 saturated carbocycles. The van der Waals surface area contributed by atoms with Gasteiger partial charge in [-0.05, 0) is 17.2 Å². The highest BCUT2D eigenvalue weighted by atomic mass is 79.9. The Hall–Kier alpha value is -1.81. The second-order valence-corrected chi connectivity index (χ2v) is 5.26. The van der Waals surface area contributed by atoms with E-state index in [1.807, 2.05) is 24.3 Å². The Morgan fingerprint density at radius 3 is 2.35 bits per heavy atom. The number of hydrogen-bond donors (Lipinski definition) is 1. The van der Waals surface area contributed by atoms with Crippen molar-refractivity contribution in [3.63, 3.8) is 0 Å². The predicted octanol–water partition coefficient (Wildman–Crippen LogP) is 4.34. The third-order valence-electron chi connectivity index (χ3n) is 2.99. The summed E-state index contributed by atoms with van der Waals surface area (Å²) in [4.78, 5) is 13.3. The number of amides is 2. The van der Waals surface area contributed by atoms with Gasteiger partial charge in [0.15, 0.2) is 0 Å². The molecular formula is C16H17BrN2O. The van der Waals surface area contributed by atoms with E-state index in [1.165, 1.54) is 10.5 Å². The molecule has 0 aliphatic carbocycles. The van der Waals surface area contributed by atoms with Crippen LogP contribution in [-0.4, -0.2) is 25.0 Å². The molecule has 3 nitrogen and oxygen atoms in total. The molecule has 0 radical (unpaired) electrons. The summed E-state index contributed by atoms with van der Waals surface area (Å²) < 4.78 is 0. The van der Waals surface area contributed by atoms with Gasteiger partial charge in [0.2, 0.25) is 0 Å². The maximum absolute atomic E-state index is 11.8. The number of urea groups is 1. The molecule has 0 spiro atoms. The van der Waals surface area contributed by atoms with Gasteiger partial charge >= 0.3 is 6.03 Å². The smallest absolute Gasteiger partial charge is 0.321 e. The zero-order chi connectivity index (χ0) is 14.5. The topological polar surface area (TPSA) is 32.3 Å². The normalized spacial score (nSPS) is 10.2. The van der Waals surface area contributed by atoms with Gasteiger partial charge in [0, 0.05) is 25.0 Å². The van der Waals surface area contributed by atoms with Gasteiger partial charge in [-0.1, -0.05) is 58.4 Å². The summed E-state index contributed by atoms with van der Waals surface area (Å²) in [5.41, 5.74) is 4.15. The first kappa shape index (κ1) is 14.6. The molecule has 0 unspecified atom stereocenters. The molecule has 0 bridgehead atoms. The molecule has 0 heterocycles. The van der Waals surface area contributed by atoms with E-state index in [4.69, 9.17) is 0 Å². The van der Waals surface area contributed by atoms with Crippen LogP contribution < -0.4 is 5.32 Å². The standard InChI is InChI=1S/C16H17BrN2O/c1-19(2)16(20)18-15-6-4-3-5-14(15)13-9-7-12(11-17)8-10-13/h3-10H,11H2,1-2H3,(H,18,20). The Labute approximate surface area is 127 Å². The zero-order valence-electron chi connectivity index (χ0n) is 11.6. The fourth-order valence-electron chi connectivity index (χ4n) is 1.84. The van der Waals surface area contributed by atoms with Gasteiger partial charge < -0.3 is 10.2 Å². The van der Waals surface area contributed by atoms with Crippen LogP contribution in [0.1, 0.15) is 5.56 Å². The van der Waals surface area contributed by atoms with Crippen LogP contribution in [0.5, 0.6) is 0 Å². The Kier molecular flexibility index (Phi) is 4.79. The van der Waals surface area contributed by atoms with Gasteiger partial charge in [0.25, 0.3) is 0 Å². The summed E-state index contributed by atoms with van der Waals surface area (Å²) in [5, 5.41) is 3.75. The van der Waals surface area contributed by atoms with Crippen LogP contribution in [0.15, 0.2) is 48.5 Å². The lowest BCUT2D eigenvalue weighted by Gasteiger charge is -2.15. The van der Waals surface area contributed by atoms with Crippen LogP contribution in [0.4, 0.5) is 10.5 Å². The van der Waals surface area contributed by atoms with Crippen molar-refractivity contribution in [3.05, 3.63) is 54.1 Å². The fourth-order valence-corrected chi connectivity index (χ4v) is 2.22. The molecule has 20 heavy (non-hydrogen) atoms. The number of nitrogens with one attached hydrogen (secondary N) is 1. The highest BCUT2D eigenvalue weighted by Crippen LogP contribution is 2.28. The van der Waals surface area contributed by atoms with Crippen molar-refractivity contribution < 1.29 is 4.79 Å². The van der Waals surface area contributed by atoms with Crippen LogP contribution in [0, 0.1) is 0 Å². The summed E-state index contributed by atoms with van der Waals surface area (Å²) in [5.74, 6) is 0. The number of alkyl halides is 1. The maximum atomic E-state index is 11.8. The predicted molar refractivity (Wildman–Crippen MR) is 87.2 cm³/mol. The van der Waals surface area contributed by atoms with Gasteiger partial charge in [0.1, 0.15) is 0 Å². The van der Waals surface area contributed by atoms with E-state index < -0.39 is 0 Å². The molecule has 1 N–H and O–H groups in total. The molecule has 2 amide bonds. The first-order valence-electron chi connectivity index (χ1n) is 6.34. The third kappa shape index (κ3) is 3.39. The minimum absolute atomic E-state index is 0.130. The maximum Gasteiger partial charge on any atom is 0.321 e. The average molecular weight is 333 g/mol. The fraction of sp³-hybridized carbons (Fsp3) is 0.188. The van der Waals surface area contributed by atoms with Crippen molar-refractivity contribution in [3.8, 4) is 11.1 Å². The summed E-state index contributed by atoms with van der Waals surface area (Å²) in [6, 6.07) is 16.0. The highest BCUT2D eigenvalue weighted by Gasteiger charge is 2.09. The summed E-state index contributed by atoms with van der Waals surface area (Å²) in [6.45, 7) is 0. The van der Waals surface area contributed by atoms with Gasteiger partial charge in [-0.3, -0.25) is 0 Å². The lowest BCUT2D eigenvalue weighted by atomic mass is 10.0. The summed E-state index contributed by atoms with van der Waals surface area (Å²) in [7, 11) is 3.45. The number of carbonyl (C=O) groups excluding carboxylic acids is 1. The number of nitrogens with zero attached hydrogens (tertiary/aromatic N) is 1. The van der Waals surface area contributed by atoms with E-state index in [1.54, 1.807) is 14.1 Å². The van der Waals surface area contributed by atoms with Crippen LogP contribution in [0.25, 0.3) is 11.1 Å². The number of hydrogen-bond acceptors (Lipinski definition) is 1. The number of benzene rings is 2. The largest absolute Gasteiger partial charge is 0.331 e. The van der Waals surface area contributed by atoms with Crippen molar-refractivity contribution >= 4 is 27.6 Å². The molecule has 0 aromatic heterocycles. The second-order valence-electron chi connectivity index (χ2n) is 4.70. The van der Waals surface area contributed by atoms with Crippen molar-refractivity contribution in [2.45, 2.75) is 5.33 Å². The monoisotopic (exact) mass is 332 g/mol. The number of carbonyl (C=O) groups is 1. The van der Waals surface area contributed by atoms with Crippen LogP contribution in [0.2, 0.25) is 0 Å². The molecular weight excluding hydrogens is 316 g/mol. The number of anilines is 1. The van der Waals surface area contributed by atoms with Crippen LogP contribution in [0.3, 0.4) is 0 Å². The Bertz CT molecular complexity index is 594. The van der Waals surface area contributed by atoms with Gasteiger partial charge in [-0.15, -0.1) is 0 Å². The summed E-state index contributed by atoms with van der Waals surface area (Å²) >= 11 is 3.44. The van der Waals surface area contributed by atoms with E-state index in [-0.39, 0.29) is 6.03 Å². The molecule has 104 valence electrons. The minimum atomic E-state index is -0.130. The van der Waals surface area contributed by atoms with Crippen LogP contribution in [-0.2, 0) is 5.33 Å². The van der Waals surface area contributed by atoms with Crippen molar-refractivity contribution in [2.24, 2.45) is 0 Å². The summed E-state index contributed by atoms with van der Waals surface area (Å²) in [6.07, 6.45) is 0. The quantitative estimate of drug-likeness (QED) is 0.833. The van der Waals surface area contributed by atoms with Crippen molar-refractivity contribution in [1.82, 2.24) is 4.90 Å². The molecule has 2 aromatic rings. The van der Waals surface area contributed by atoms with E-state index in [9.17, 15) is 4.79 Å². The molecule has 0 fully saturated rings. The average Bonchev–Trinajstić information content (AvgIpc) is 2.48. The third-order valence-corrected chi connectivity index (χ3v) is 3.64. The first-order valence-corrected chi connectivity index (χ1v) is 7.46. The number of para-hydroxylation sites is 1. The molecule has 0 atom stereocenters. The number of rotatable bonds is 3. The zero-order valence-corrected chi connectivity index (χ0v) is 13.1. The lowest BCUT2D eigenvalue weighted by Crippen LogP contribution is -2.27. The van der Waals surface area contributed by atoms with Gasteiger partial charge in [-0.2, -0.15) is 0 Å². The lowest BCUT2D eigenvalue weighted by molar-refractivity contribution is 0.230. The Morgan fingerprint density at radius 2 is 1.75 bits per heavy atom. The SMILES string of the molecule is CN(C)C(=O)Nc1ccccc1-c1ccc(CBr)cc1. The molecule has 0 aliphatic rings. The van der Waals surface area contributed by atoms with Crippen LogP contribution >= 0.6 is 15.9 Å². The van der Waals surface area contributed by atoms with Gasteiger partial charge in [-0.25, -0.2) is 4.79 Å². The molecule has 0 aliphatic heterocycles. The van der Waals surface area contributed by atoms with E-state index in [0.717, 1.165) is 22.1 Å². The number of halogens is 1. The van der Waals surface area contributed by atoms with E-state index in [0.29, 0.717) is 0 Å².